The van der Waals surface area contributed by atoms with E-state index in [2.05, 4.69) is 0 Å². The summed E-state index contributed by atoms with van der Waals surface area (Å²) in [7, 11) is 0. The van der Waals surface area contributed by atoms with Gasteiger partial charge in [-0.15, -0.1) is 0 Å². The van der Waals surface area contributed by atoms with Gasteiger partial charge >= 0.3 is 0 Å². The van der Waals surface area contributed by atoms with E-state index in [-0.39, 0.29) is 17.9 Å². The number of aliphatic hydroxyl groups is 2. The monoisotopic (exact) mass is 323 g/mol. The van der Waals surface area contributed by atoms with Crippen LogP contribution in [-0.2, 0) is 16.1 Å². The second kappa shape index (κ2) is 6.68. The smallest absolute Gasteiger partial charge is 0.262 e. The Hall–Kier alpha value is -2.92. The normalized spacial score (nSPS) is 19.7. The fourth-order valence-corrected chi connectivity index (χ4v) is 2.80. The Kier molecular flexibility index (Phi) is 4.44. The maximum atomic E-state index is 12.7. The molecule has 0 bridgehead atoms. The fraction of sp³-hybridized carbons (Fsp3) is 0.158. The highest BCUT2D eigenvalue weighted by Crippen LogP contribution is 2.28. The molecule has 3 rings (SSSR count). The van der Waals surface area contributed by atoms with Gasteiger partial charge in [0.15, 0.2) is 5.78 Å². The van der Waals surface area contributed by atoms with E-state index in [1.807, 2.05) is 30.3 Å². The molecule has 0 radical (unpaired) electrons. The van der Waals surface area contributed by atoms with E-state index in [1.165, 1.54) is 4.90 Å². The third-order valence-electron chi connectivity index (χ3n) is 4.05. The lowest BCUT2D eigenvalue weighted by Crippen LogP contribution is -2.37. The van der Waals surface area contributed by atoms with Crippen LogP contribution >= 0.6 is 0 Å². The Morgan fingerprint density at radius 3 is 2.12 bits per heavy atom. The average molecular weight is 323 g/mol. The molecule has 2 aromatic rings. The van der Waals surface area contributed by atoms with Gasteiger partial charge in [0.1, 0.15) is 17.4 Å². The Labute approximate surface area is 139 Å². The van der Waals surface area contributed by atoms with Crippen molar-refractivity contribution in [3.63, 3.8) is 0 Å². The van der Waals surface area contributed by atoms with Crippen LogP contribution in [0.15, 0.2) is 66.2 Å². The van der Waals surface area contributed by atoms with Crippen molar-refractivity contribution in [2.45, 2.75) is 12.6 Å². The summed E-state index contributed by atoms with van der Waals surface area (Å²) < 4.78 is 0. The van der Waals surface area contributed by atoms with Crippen LogP contribution in [0.1, 0.15) is 11.1 Å². The van der Waals surface area contributed by atoms with Crippen LogP contribution in [0, 0.1) is 0 Å². The molecule has 5 heteroatoms. The number of benzene rings is 2. The Morgan fingerprint density at radius 1 is 0.958 bits per heavy atom. The molecule has 1 aliphatic heterocycles. The summed E-state index contributed by atoms with van der Waals surface area (Å²) in [6, 6.07) is 16.7. The standard InChI is InChI=1S/C19H17NO4/c21-12-15-18(23)16(17(22)14-9-5-2-6-10-14)19(24)20(15)11-13-7-3-1-4-8-13/h1-10,15,21-22H,11-12H2/b17-16-/t15-/m0/s1. The first-order valence-corrected chi connectivity index (χ1v) is 7.62. The Balaban J connectivity index is 1.98. The third kappa shape index (κ3) is 2.81. The van der Waals surface area contributed by atoms with Crippen molar-refractivity contribution in [1.29, 1.82) is 0 Å². The molecule has 1 amide bonds. The van der Waals surface area contributed by atoms with Crippen molar-refractivity contribution in [3.8, 4) is 0 Å². The molecule has 0 aromatic heterocycles. The number of carbonyl (C=O) groups excluding carboxylic acids is 2. The van der Waals surface area contributed by atoms with Crippen molar-refractivity contribution < 1.29 is 19.8 Å². The fourth-order valence-electron chi connectivity index (χ4n) is 2.80. The van der Waals surface area contributed by atoms with E-state index in [0.717, 1.165) is 5.56 Å². The molecule has 2 aromatic carbocycles. The minimum absolute atomic E-state index is 0.197. The zero-order chi connectivity index (χ0) is 17.1. The second-order valence-electron chi connectivity index (χ2n) is 5.57. The molecule has 24 heavy (non-hydrogen) atoms. The SMILES string of the molecule is O=C1/C(=C(/O)c2ccccc2)C(=O)N(Cc2ccccc2)[C@H]1CO. The van der Waals surface area contributed by atoms with E-state index in [0.29, 0.717) is 5.56 Å². The molecule has 1 fully saturated rings. The topological polar surface area (TPSA) is 77.8 Å². The average Bonchev–Trinajstić information content (AvgIpc) is 2.86. The molecule has 0 unspecified atom stereocenters. The van der Waals surface area contributed by atoms with Crippen molar-refractivity contribution >= 4 is 17.4 Å². The van der Waals surface area contributed by atoms with Gasteiger partial charge in [0.25, 0.3) is 5.91 Å². The number of amides is 1. The molecule has 0 saturated carbocycles. The van der Waals surface area contributed by atoms with E-state index in [4.69, 9.17) is 0 Å². The Bertz CT molecular complexity index is 784. The first-order valence-electron chi connectivity index (χ1n) is 7.62. The molecule has 5 nitrogen and oxygen atoms in total. The molecule has 0 spiro atoms. The lowest BCUT2D eigenvalue weighted by molar-refractivity contribution is -0.128. The molecule has 1 saturated heterocycles. The molecule has 1 atom stereocenters. The summed E-state index contributed by atoms with van der Waals surface area (Å²) in [5.74, 6) is -1.47. The zero-order valence-corrected chi connectivity index (χ0v) is 12.9. The van der Waals surface area contributed by atoms with E-state index >= 15 is 0 Å². The quantitative estimate of drug-likeness (QED) is 0.512. The maximum Gasteiger partial charge on any atom is 0.262 e. The van der Waals surface area contributed by atoms with Crippen LogP contribution in [0.4, 0.5) is 0 Å². The number of nitrogens with zero attached hydrogens (tertiary/aromatic N) is 1. The van der Waals surface area contributed by atoms with Crippen molar-refractivity contribution in [3.05, 3.63) is 77.4 Å². The van der Waals surface area contributed by atoms with Gasteiger partial charge in [-0.1, -0.05) is 60.7 Å². The summed E-state index contributed by atoms with van der Waals surface area (Å²) in [5.41, 5.74) is 0.973. The lowest BCUT2D eigenvalue weighted by atomic mass is 10.0. The number of Topliss-reactive ketones (excluding diaryl/α,β-unsaturated/α-hetero) is 1. The van der Waals surface area contributed by atoms with Gasteiger partial charge in [-0.25, -0.2) is 0 Å². The predicted molar refractivity (Wildman–Crippen MR) is 88.9 cm³/mol. The molecule has 1 heterocycles. The van der Waals surface area contributed by atoms with Crippen LogP contribution < -0.4 is 0 Å². The lowest BCUT2D eigenvalue weighted by Gasteiger charge is -2.21. The van der Waals surface area contributed by atoms with Crippen LogP contribution in [0.2, 0.25) is 0 Å². The van der Waals surface area contributed by atoms with Crippen LogP contribution in [0.25, 0.3) is 5.76 Å². The molecule has 122 valence electrons. The minimum Gasteiger partial charge on any atom is -0.506 e. The first-order chi connectivity index (χ1) is 11.6. The number of hydrogen-bond donors (Lipinski definition) is 2. The molecular formula is C19H17NO4. The molecule has 1 aliphatic rings. The number of carbonyl (C=O) groups is 2. The van der Waals surface area contributed by atoms with Gasteiger partial charge in [0.05, 0.1) is 6.61 Å². The predicted octanol–water partition coefficient (Wildman–Crippen LogP) is 1.93. The number of likely N-dealkylation sites (tertiary alicyclic amines) is 1. The van der Waals surface area contributed by atoms with Gasteiger partial charge in [-0.3, -0.25) is 9.59 Å². The zero-order valence-electron chi connectivity index (χ0n) is 12.9. The summed E-state index contributed by atoms with van der Waals surface area (Å²) in [5, 5.41) is 19.9. The molecular weight excluding hydrogens is 306 g/mol. The van der Waals surface area contributed by atoms with Crippen molar-refractivity contribution in [2.24, 2.45) is 0 Å². The van der Waals surface area contributed by atoms with Crippen LogP contribution in [-0.4, -0.2) is 39.5 Å². The van der Waals surface area contributed by atoms with Gasteiger partial charge in [-0.05, 0) is 5.56 Å². The minimum atomic E-state index is -0.974. The molecule has 2 N–H and O–H groups in total. The summed E-state index contributed by atoms with van der Waals surface area (Å²) >= 11 is 0. The van der Waals surface area contributed by atoms with Gasteiger partial charge in [0.2, 0.25) is 0 Å². The maximum absolute atomic E-state index is 12.7. The highest BCUT2D eigenvalue weighted by Gasteiger charge is 2.44. The van der Waals surface area contributed by atoms with E-state index in [9.17, 15) is 19.8 Å². The molecule has 0 aliphatic carbocycles. The van der Waals surface area contributed by atoms with Crippen molar-refractivity contribution in [1.82, 2.24) is 4.90 Å². The highest BCUT2D eigenvalue weighted by molar-refractivity contribution is 6.30. The first kappa shape index (κ1) is 16.0. The summed E-state index contributed by atoms with van der Waals surface area (Å²) in [6.07, 6.45) is 0. The Morgan fingerprint density at radius 2 is 1.54 bits per heavy atom. The van der Waals surface area contributed by atoms with Gasteiger partial charge in [0, 0.05) is 12.1 Å². The van der Waals surface area contributed by atoms with E-state index in [1.54, 1.807) is 30.3 Å². The van der Waals surface area contributed by atoms with Crippen LogP contribution in [0.5, 0.6) is 0 Å². The highest BCUT2D eigenvalue weighted by atomic mass is 16.3. The van der Waals surface area contributed by atoms with Crippen molar-refractivity contribution in [2.75, 3.05) is 6.61 Å². The second-order valence-corrected chi connectivity index (χ2v) is 5.57. The summed E-state index contributed by atoms with van der Waals surface area (Å²) in [4.78, 5) is 26.5. The van der Waals surface area contributed by atoms with Gasteiger partial charge < -0.3 is 15.1 Å². The summed E-state index contributed by atoms with van der Waals surface area (Å²) in [6.45, 7) is -0.287. The third-order valence-corrected chi connectivity index (χ3v) is 4.05. The van der Waals surface area contributed by atoms with Gasteiger partial charge in [-0.2, -0.15) is 0 Å². The largest absolute Gasteiger partial charge is 0.506 e. The number of hydrogen-bond acceptors (Lipinski definition) is 4. The number of ketones is 1. The van der Waals surface area contributed by atoms with Crippen LogP contribution in [0.3, 0.4) is 0 Å². The number of rotatable bonds is 4. The number of aliphatic hydroxyl groups excluding tert-OH is 2. The van der Waals surface area contributed by atoms with E-state index < -0.39 is 24.3 Å².